The smallest absolute Gasteiger partial charge is 0.180 e. The Morgan fingerprint density at radius 3 is 2.25 bits per heavy atom. The van der Waals surface area contributed by atoms with E-state index in [4.69, 9.17) is 17.3 Å². The highest BCUT2D eigenvalue weighted by molar-refractivity contribution is 7.91. The Bertz CT molecular complexity index is 515. The van der Waals surface area contributed by atoms with E-state index < -0.39 is 9.84 Å². The molecule has 0 fully saturated rings. The van der Waals surface area contributed by atoms with E-state index in [0.717, 1.165) is 12.8 Å². The Hall–Kier alpha value is -0.740. The van der Waals surface area contributed by atoms with Crippen molar-refractivity contribution in [1.82, 2.24) is 0 Å². The van der Waals surface area contributed by atoms with Gasteiger partial charge in [0.1, 0.15) is 0 Å². The average Bonchev–Trinajstić information content (AvgIpc) is 2.37. The number of rotatable bonds is 9. The van der Waals surface area contributed by atoms with E-state index in [1.165, 1.54) is 37.8 Å². The highest BCUT2D eigenvalue weighted by Crippen LogP contribution is 2.24. The van der Waals surface area contributed by atoms with Gasteiger partial charge in [-0.2, -0.15) is 0 Å². The highest BCUT2D eigenvalue weighted by atomic mass is 35.5. The zero-order valence-electron chi connectivity index (χ0n) is 12.1. The van der Waals surface area contributed by atoms with Crippen LogP contribution in [0.5, 0.6) is 0 Å². The SMILES string of the molecule is CCCCCCCCCS(=O)(=O)c1ccc(Cl)cc1N. The number of hydrogen-bond acceptors (Lipinski definition) is 3. The van der Waals surface area contributed by atoms with Gasteiger partial charge in [-0.3, -0.25) is 0 Å². The largest absolute Gasteiger partial charge is 0.398 e. The van der Waals surface area contributed by atoms with Crippen LogP contribution in [0, 0.1) is 0 Å². The zero-order chi connectivity index (χ0) is 15.0. The summed E-state index contributed by atoms with van der Waals surface area (Å²) in [6.45, 7) is 2.18. The molecule has 0 saturated heterocycles. The third kappa shape index (κ3) is 5.71. The van der Waals surface area contributed by atoms with Gasteiger partial charge in [-0.15, -0.1) is 0 Å². The molecule has 5 heteroatoms. The summed E-state index contributed by atoms with van der Waals surface area (Å²) in [4.78, 5) is 0.202. The zero-order valence-corrected chi connectivity index (χ0v) is 13.6. The van der Waals surface area contributed by atoms with E-state index in [0.29, 0.717) is 11.4 Å². The second-order valence-corrected chi connectivity index (χ2v) is 7.64. The summed E-state index contributed by atoms with van der Waals surface area (Å²) < 4.78 is 24.4. The molecule has 0 amide bonds. The van der Waals surface area contributed by atoms with Crippen LogP contribution in [0.2, 0.25) is 5.02 Å². The third-order valence-electron chi connectivity index (χ3n) is 3.32. The Labute approximate surface area is 127 Å². The van der Waals surface area contributed by atoms with Crippen molar-refractivity contribution in [1.29, 1.82) is 0 Å². The number of benzene rings is 1. The second kappa shape index (κ2) is 8.53. The van der Waals surface area contributed by atoms with Gasteiger partial charge in [-0.05, 0) is 24.6 Å². The van der Waals surface area contributed by atoms with Gasteiger partial charge in [0.15, 0.2) is 9.84 Å². The first-order chi connectivity index (χ1) is 9.47. The third-order valence-corrected chi connectivity index (χ3v) is 5.43. The normalized spacial score (nSPS) is 11.7. The Morgan fingerprint density at radius 2 is 1.65 bits per heavy atom. The van der Waals surface area contributed by atoms with Gasteiger partial charge in [-0.1, -0.05) is 57.0 Å². The molecular weight excluding hydrogens is 294 g/mol. The topological polar surface area (TPSA) is 60.2 Å². The summed E-state index contributed by atoms with van der Waals surface area (Å²) >= 11 is 5.78. The summed E-state index contributed by atoms with van der Waals surface area (Å²) in [7, 11) is -3.29. The minimum atomic E-state index is -3.29. The molecule has 1 aromatic carbocycles. The van der Waals surface area contributed by atoms with E-state index >= 15 is 0 Å². The Balaban J connectivity index is 2.42. The maximum atomic E-state index is 12.2. The predicted molar refractivity (Wildman–Crippen MR) is 85.9 cm³/mol. The van der Waals surface area contributed by atoms with Crippen LogP contribution in [0.15, 0.2) is 23.1 Å². The van der Waals surface area contributed by atoms with Crippen LogP contribution in [0.25, 0.3) is 0 Å². The van der Waals surface area contributed by atoms with Crippen molar-refractivity contribution in [3.8, 4) is 0 Å². The molecule has 2 N–H and O–H groups in total. The van der Waals surface area contributed by atoms with Crippen molar-refractivity contribution in [3.05, 3.63) is 23.2 Å². The van der Waals surface area contributed by atoms with E-state index in [2.05, 4.69) is 6.92 Å². The van der Waals surface area contributed by atoms with Crippen LogP contribution in [0.1, 0.15) is 51.9 Å². The van der Waals surface area contributed by atoms with Crippen LogP contribution >= 0.6 is 11.6 Å². The number of unbranched alkanes of at least 4 members (excludes halogenated alkanes) is 6. The summed E-state index contributed by atoms with van der Waals surface area (Å²) in [5.74, 6) is 0.159. The van der Waals surface area contributed by atoms with Crippen molar-refractivity contribution >= 4 is 27.1 Å². The Morgan fingerprint density at radius 1 is 1.05 bits per heavy atom. The number of nitrogens with two attached hydrogens (primary N) is 1. The minimum Gasteiger partial charge on any atom is -0.398 e. The summed E-state index contributed by atoms with van der Waals surface area (Å²) in [6, 6.07) is 4.54. The lowest BCUT2D eigenvalue weighted by molar-refractivity contribution is 0.579. The number of halogens is 1. The molecule has 114 valence electrons. The van der Waals surface area contributed by atoms with Crippen LogP contribution in [-0.2, 0) is 9.84 Å². The van der Waals surface area contributed by atoms with Gasteiger partial charge in [0.05, 0.1) is 16.3 Å². The molecule has 0 saturated carbocycles. The van der Waals surface area contributed by atoms with Crippen molar-refractivity contribution < 1.29 is 8.42 Å². The quantitative estimate of drug-likeness (QED) is 0.541. The summed E-state index contributed by atoms with van der Waals surface area (Å²) in [5, 5.41) is 0.456. The maximum absolute atomic E-state index is 12.2. The highest BCUT2D eigenvalue weighted by Gasteiger charge is 2.17. The van der Waals surface area contributed by atoms with E-state index in [1.807, 2.05) is 0 Å². The van der Waals surface area contributed by atoms with Crippen molar-refractivity contribution in [2.45, 2.75) is 56.8 Å². The second-order valence-electron chi connectivity index (χ2n) is 5.12. The molecule has 1 rings (SSSR count). The molecule has 0 heterocycles. The fourth-order valence-electron chi connectivity index (χ4n) is 2.16. The molecule has 0 unspecified atom stereocenters. The van der Waals surface area contributed by atoms with Gasteiger partial charge in [0.2, 0.25) is 0 Å². The number of sulfone groups is 1. The standard InChI is InChI=1S/C15H24ClNO2S/c1-2-3-4-5-6-7-8-11-20(18,19)15-10-9-13(16)12-14(15)17/h9-10,12H,2-8,11,17H2,1H3. The molecular formula is C15H24ClNO2S. The molecule has 0 bridgehead atoms. The van der Waals surface area contributed by atoms with Crippen LogP contribution in [0.4, 0.5) is 5.69 Å². The van der Waals surface area contributed by atoms with E-state index in [9.17, 15) is 8.42 Å². The molecule has 1 aromatic rings. The van der Waals surface area contributed by atoms with Gasteiger partial charge in [0, 0.05) is 5.02 Å². The van der Waals surface area contributed by atoms with E-state index in [1.54, 1.807) is 6.07 Å². The summed E-state index contributed by atoms with van der Waals surface area (Å²) in [6.07, 6.45) is 7.67. The molecule has 0 atom stereocenters. The van der Waals surface area contributed by atoms with Crippen molar-refractivity contribution in [2.75, 3.05) is 11.5 Å². The van der Waals surface area contributed by atoms with Gasteiger partial charge < -0.3 is 5.73 Å². The number of nitrogen functional groups attached to an aromatic ring is 1. The first kappa shape index (κ1) is 17.3. The van der Waals surface area contributed by atoms with Gasteiger partial charge in [-0.25, -0.2) is 8.42 Å². The molecule has 3 nitrogen and oxygen atoms in total. The first-order valence-electron chi connectivity index (χ1n) is 7.25. The summed E-state index contributed by atoms with van der Waals surface area (Å²) in [5.41, 5.74) is 5.97. The monoisotopic (exact) mass is 317 g/mol. The lowest BCUT2D eigenvalue weighted by atomic mass is 10.1. The Kier molecular flexibility index (Phi) is 7.38. The molecule has 0 aliphatic heterocycles. The fourth-order valence-corrected chi connectivity index (χ4v) is 3.84. The van der Waals surface area contributed by atoms with E-state index in [-0.39, 0.29) is 16.3 Å². The van der Waals surface area contributed by atoms with Crippen molar-refractivity contribution in [2.24, 2.45) is 0 Å². The van der Waals surface area contributed by atoms with Gasteiger partial charge >= 0.3 is 0 Å². The first-order valence-corrected chi connectivity index (χ1v) is 9.28. The average molecular weight is 318 g/mol. The lowest BCUT2D eigenvalue weighted by Gasteiger charge is -2.08. The number of hydrogen-bond donors (Lipinski definition) is 1. The van der Waals surface area contributed by atoms with Crippen LogP contribution in [-0.4, -0.2) is 14.2 Å². The molecule has 0 aromatic heterocycles. The minimum absolute atomic E-state index is 0.159. The number of anilines is 1. The molecule has 0 aliphatic rings. The lowest BCUT2D eigenvalue weighted by Crippen LogP contribution is -2.09. The van der Waals surface area contributed by atoms with Crippen molar-refractivity contribution in [3.63, 3.8) is 0 Å². The fraction of sp³-hybridized carbons (Fsp3) is 0.600. The predicted octanol–water partition coefficient (Wildman–Crippen LogP) is 4.45. The molecule has 20 heavy (non-hydrogen) atoms. The van der Waals surface area contributed by atoms with Gasteiger partial charge in [0.25, 0.3) is 0 Å². The molecule has 0 spiro atoms. The maximum Gasteiger partial charge on any atom is 0.180 e. The molecule has 0 radical (unpaired) electrons. The van der Waals surface area contributed by atoms with Crippen LogP contribution < -0.4 is 5.73 Å². The van der Waals surface area contributed by atoms with Crippen LogP contribution in [0.3, 0.4) is 0 Å². The molecule has 0 aliphatic carbocycles.